The van der Waals surface area contributed by atoms with Crippen LogP contribution in [0.15, 0.2) is 51.7 Å². The molecule has 0 aliphatic carbocycles. The summed E-state index contributed by atoms with van der Waals surface area (Å²) in [5.41, 5.74) is 2.08. The van der Waals surface area contributed by atoms with Crippen LogP contribution < -0.4 is 20.2 Å². The Morgan fingerprint density at radius 1 is 1.22 bits per heavy atom. The minimum absolute atomic E-state index is 0.00506. The van der Waals surface area contributed by atoms with Gasteiger partial charge in [0.15, 0.2) is 22.7 Å². The van der Waals surface area contributed by atoms with E-state index in [1.807, 2.05) is 31.2 Å². The molecule has 1 amide bonds. The molecule has 0 radical (unpaired) electrons. The molecule has 2 aromatic carbocycles. The summed E-state index contributed by atoms with van der Waals surface area (Å²) < 4.78 is 16.7. The maximum atomic E-state index is 12.6. The van der Waals surface area contributed by atoms with Crippen molar-refractivity contribution < 1.29 is 18.7 Å². The largest absolute Gasteiger partial charge is 0.493 e. The van der Waals surface area contributed by atoms with Crippen LogP contribution in [0.1, 0.15) is 21.7 Å². The van der Waals surface area contributed by atoms with Crippen LogP contribution in [0.4, 0.5) is 0 Å². The molecule has 1 aliphatic heterocycles. The zero-order chi connectivity index (χ0) is 19.0. The zero-order valence-electron chi connectivity index (χ0n) is 15.1. The van der Waals surface area contributed by atoms with Gasteiger partial charge in [-0.2, -0.15) is 0 Å². The van der Waals surface area contributed by atoms with Gasteiger partial charge in [-0.05, 0) is 37.1 Å². The van der Waals surface area contributed by atoms with Gasteiger partial charge in [-0.25, -0.2) is 0 Å². The number of methoxy groups -OCH3 is 1. The van der Waals surface area contributed by atoms with Crippen LogP contribution in [-0.4, -0.2) is 25.7 Å². The molecule has 2 heterocycles. The molecule has 1 unspecified atom stereocenters. The van der Waals surface area contributed by atoms with E-state index in [0.717, 1.165) is 11.1 Å². The summed E-state index contributed by atoms with van der Waals surface area (Å²) in [6, 6.07) is 12.0. The quantitative estimate of drug-likeness (QED) is 0.772. The topological polar surface area (TPSA) is 77.8 Å². The second-order valence-corrected chi connectivity index (χ2v) is 6.61. The molecule has 138 valence electrons. The number of rotatable bonds is 3. The van der Waals surface area contributed by atoms with E-state index in [-0.39, 0.29) is 17.2 Å². The Kier molecular flexibility index (Phi) is 4.32. The van der Waals surface area contributed by atoms with Gasteiger partial charge in [0.25, 0.3) is 5.91 Å². The van der Waals surface area contributed by atoms with Crippen LogP contribution in [0.2, 0.25) is 0 Å². The maximum Gasteiger partial charge on any atom is 0.287 e. The molecule has 4 rings (SSSR count). The van der Waals surface area contributed by atoms with Crippen LogP contribution in [0, 0.1) is 6.92 Å². The van der Waals surface area contributed by atoms with Gasteiger partial charge in [-0.15, -0.1) is 0 Å². The number of hydrogen-bond donors (Lipinski definition) is 1. The number of para-hydroxylation sites is 1. The molecular weight excluding hydrogens is 346 g/mol. The van der Waals surface area contributed by atoms with E-state index in [9.17, 15) is 9.59 Å². The number of aryl methyl sites for hydroxylation is 1. The summed E-state index contributed by atoms with van der Waals surface area (Å²) in [5, 5.41) is 3.34. The maximum absolute atomic E-state index is 12.6. The predicted octanol–water partition coefficient (Wildman–Crippen LogP) is 2.84. The van der Waals surface area contributed by atoms with Crippen molar-refractivity contribution in [2.45, 2.75) is 19.4 Å². The third-order valence-electron chi connectivity index (χ3n) is 4.62. The van der Waals surface area contributed by atoms with Crippen LogP contribution in [0.3, 0.4) is 0 Å². The normalized spacial score (nSPS) is 15.7. The second kappa shape index (κ2) is 6.79. The molecule has 0 fully saturated rings. The lowest BCUT2D eigenvalue weighted by Gasteiger charge is -2.27. The number of carbonyl (C=O) groups is 1. The van der Waals surface area contributed by atoms with Crippen molar-refractivity contribution in [2.75, 3.05) is 13.7 Å². The molecule has 1 aromatic heterocycles. The predicted molar refractivity (Wildman–Crippen MR) is 101 cm³/mol. The van der Waals surface area contributed by atoms with Crippen molar-refractivity contribution in [1.29, 1.82) is 0 Å². The summed E-state index contributed by atoms with van der Waals surface area (Å²) >= 11 is 0. The van der Waals surface area contributed by atoms with Gasteiger partial charge in [0, 0.05) is 11.6 Å². The lowest BCUT2D eigenvalue weighted by atomic mass is 10.0. The monoisotopic (exact) mass is 365 g/mol. The minimum Gasteiger partial charge on any atom is -0.493 e. The highest BCUT2D eigenvalue weighted by Gasteiger charge is 2.25. The number of fused-ring (bicyclic) bond motifs is 2. The zero-order valence-corrected chi connectivity index (χ0v) is 15.1. The first kappa shape index (κ1) is 17.1. The second-order valence-electron chi connectivity index (χ2n) is 6.61. The molecule has 6 heteroatoms. The number of amides is 1. The number of hydrogen-bond acceptors (Lipinski definition) is 5. The van der Waals surface area contributed by atoms with Crippen molar-refractivity contribution in [3.63, 3.8) is 0 Å². The third-order valence-corrected chi connectivity index (χ3v) is 4.62. The first-order valence-corrected chi connectivity index (χ1v) is 8.69. The van der Waals surface area contributed by atoms with Gasteiger partial charge in [0.05, 0.1) is 18.5 Å². The molecule has 0 spiro atoms. The third kappa shape index (κ3) is 3.26. The summed E-state index contributed by atoms with van der Waals surface area (Å²) in [7, 11) is 1.59. The van der Waals surface area contributed by atoms with E-state index < -0.39 is 5.91 Å². The molecule has 3 aromatic rings. The molecule has 1 N–H and O–H groups in total. The van der Waals surface area contributed by atoms with Crippen LogP contribution >= 0.6 is 0 Å². The SMILES string of the molecule is COc1cccc2c1OCC(NC(=O)c1cc(=O)c3ccc(C)cc3o1)C2. The van der Waals surface area contributed by atoms with Gasteiger partial charge in [0.2, 0.25) is 0 Å². The van der Waals surface area contributed by atoms with Gasteiger partial charge < -0.3 is 19.2 Å². The lowest BCUT2D eigenvalue weighted by Crippen LogP contribution is -2.43. The van der Waals surface area contributed by atoms with Crippen molar-refractivity contribution in [1.82, 2.24) is 5.32 Å². The highest BCUT2D eigenvalue weighted by Crippen LogP contribution is 2.34. The first-order chi connectivity index (χ1) is 13.0. The molecule has 6 nitrogen and oxygen atoms in total. The standard InChI is InChI=1S/C21H19NO5/c1-12-6-7-15-16(23)10-19(27-18(15)8-12)21(24)22-14-9-13-4-3-5-17(25-2)20(13)26-11-14/h3-8,10,14H,9,11H2,1-2H3,(H,22,24). The summed E-state index contributed by atoms with van der Waals surface area (Å²) in [6.45, 7) is 2.22. The lowest BCUT2D eigenvalue weighted by molar-refractivity contribution is 0.0887. The molecule has 27 heavy (non-hydrogen) atoms. The summed E-state index contributed by atoms with van der Waals surface area (Å²) in [5.74, 6) is 0.941. The summed E-state index contributed by atoms with van der Waals surface area (Å²) in [4.78, 5) is 24.9. The molecule has 0 bridgehead atoms. The highest BCUT2D eigenvalue weighted by atomic mass is 16.5. The van der Waals surface area contributed by atoms with E-state index in [0.29, 0.717) is 35.5 Å². The number of ether oxygens (including phenoxy) is 2. The van der Waals surface area contributed by atoms with E-state index >= 15 is 0 Å². The Morgan fingerprint density at radius 2 is 2.07 bits per heavy atom. The van der Waals surface area contributed by atoms with Crippen LogP contribution in [-0.2, 0) is 6.42 Å². The molecule has 0 saturated carbocycles. The highest BCUT2D eigenvalue weighted by molar-refractivity contribution is 5.93. The van der Waals surface area contributed by atoms with Crippen molar-refractivity contribution >= 4 is 16.9 Å². The Labute approximate surface area is 155 Å². The molecule has 0 saturated heterocycles. The van der Waals surface area contributed by atoms with Crippen molar-refractivity contribution in [2.24, 2.45) is 0 Å². The molecule has 1 atom stereocenters. The first-order valence-electron chi connectivity index (χ1n) is 8.69. The van der Waals surface area contributed by atoms with E-state index in [4.69, 9.17) is 13.9 Å². The number of nitrogens with one attached hydrogen (secondary N) is 1. The number of carbonyl (C=O) groups excluding carboxylic acids is 1. The van der Waals surface area contributed by atoms with E-state index in [2.05, 4.69) is 5.32 Å². The summed E-state index contributed by atoms with van der Waals surface area (Å²) in [6.07, 6.45) is 0.606. The Balaban J connectivity index is 1.56. The van der Waals surface area contributed by atoms with Gasteiger partial charge in [-0.1, -0.05) is 18.2 Å². The smallest absolute Gasteiger partial charge is 0.287 e. The average molecular weight is 365 g/mol. The van der Waals surface area contributed by atoms with Crippen LogP contribution in [0.5, 0.6) is 11.5 Å². The molecule has 1 aliphatic rings. The fourth-order valence-electron chi connectivity index (χ4n) is 3.28. The van der Waals surface area contributed by atoms with Crippen molar-refractivity contribution in [3.05, 3.63) is 69.6 Å². The fourth-order valence-corrected chi connectivity index (χ4v) is 3.28. The number of benzene rings is 2. The minimum atomic E-state index is -0.435. The molecular formula is C21H19NO5. The average Bonchev–Trinajstić information content (AvgIpc) is 2.66. The van der Waals surface area contributed by atoms with Crippen molar-refractivity contribution in [3.8, 4) is 11.5 Å². The van der Waals surface area contributed by atoms with Gasteiger partial charge >= 0.3 is 0 Å². The Hall–Kier alpha value is -3.28. The van der Waals surface area contributed by atoms with E-state index in [1.54, 1.807) is 19.2 Å². The Morgan fingerprint density at radius 3 is 2.89 bits per heavy atom. The van der Waals surface area contributed by atoms with E-state index in [1.165, 1.54) is 6.07 Å². The van der Waals surface area contributed by atoms with Crippen LogP contribution in [0.25, 0.3) is 11.0 Å². The Bertz CT molecular complexity index is 1090. The van der Waals surface area contributed by atoms with Gasteiger partial charge in [0.1, 0.15) is 12.2 Å². The fraction of sp³-hybridized carbons (Fsp3) is 0.238. The van der Waals surface area contributed by atoms with Gasteiger partial charge in [-0.3, -0.25) is 9.59 Å².